The summed E-state index contributed by atoms with van der Waals surface area (Å²) in [4.78, 5) is 11.6. The van der Waals surface area contributed by atoms with Gasteiger partial charge in [-0.05, 0) is 61.6 Å². The van der Waals surface area contributed by atoms with Gasteiger partial charge >= 0.3 is 0 Å². The molecule has 1 amide bonds. The van der Waals surface area contributed by atoms with Crippen LogP contribution in [0.1, 0.15) is 43.1 Å². The highest BCUT2D eigenvalue weighted by molar-refractivity contribution is 5.96. The number of carbonyl (C=O) groups excluding carboxylic acids is 1. The number of phenols is 1. The number of hydrogen-bond donors (Lipinski definition) is 4. The first-order valence-corrected chi connectivity index (χ1v) is 9.50. The standard InChI is InChI=1S/C22H28N2O4/c1-22(2,12-14-4-6-15(28-3)7-5-14)23-13-19(26)16-8-10-18(25)21-17(16)9-11-20(27)24-21/h4-8,10,19,23,25-26H,9,11-13H2,1-3H3,(H,24,27). The van der Waals surface area contributed by atoms with Gasteiger partial charge in [-0.1, -0.05) is 18.2 Å². The SMILES string of the molecule is COc1ccc(CC(C)(C)NCC(O)c2ccc(O)c3c2CCC(=O)N3)cc1. The first-order valence-electron chi connectivity index (χ1n) is 9.50. The molecule has 3 rings (SSSR count). The van der Waals surface area contributed by atoms with Gasteiger partial charge in [-0.3, -0.25) is 4.79 Å². The number of aromatic hydroxyl groups is 1. The van der Waals surface area contributed by atoms with Gasteiger partial charge in [0.25, 0.3) is 0 Å². The lowest BCUT2D eigenvalue weighted by molar-refractivity contribution is -0.116. The molecule has 1 aliphatic heterocycles. The molecular weight excluding hydrogens is 356 g/mol. The highest BCUT2D eigenvalue weighted by atomic mass is 16.5. The van der Waals surface area contributed by atoms with Crippen LogP contribution < -0.4 is 15.4 Å². The lowest BCUT2D eigenvalue weighted by Crippen LogP contribution is -2.43. The third-order valence-corrected chi connectivity index (χ3v) is 5.13. The summed E-state index contributed by atoms with van der Waals surface area (Å²) in [6.45, 7) is 4.56. The van der Waals surface area contributed by atoms with Crippen LogP contribution in [-0.2, 0) is 17.6 Å². The normalized spacial score (nSPS) is 14.9. The van der Waals surface area contributed by atoms with Gasteiger partial charge in [0.05, 0.1) is 18.9 Å². The average molecular weight is 384 g/mol. The van der Waals surface area contributed by atoms with Crippen LogP contribution in [0.2, 0.25) is 0 Å². The van der Waals surface area contributed by atoms with Crippen LogP contribution in [0.15, 0.2) is 36.4 Å². The van der Waals surface area contributed by atoms with Crippen molar-refractivity contribution in [3.63, 3.8) is 0 Å². The van der Waals surface area contributed by atoms with E-state index in [1.54, 1.807) is 13.2 Å². The van der Waals surface area contributed by atoms with Gasteiger partial charge in [-0.2, -0.15) is 0 Å². The maximum Gasteiger partial charge on any atom is 0.224 e. The number of ether oxygens (including phenoxy) is 1. The Labute approximate surface area is 165 Å². The van der Waals surface area contributed by atoms with Gasteiger partial charge in [-0.25, -0.2) is 0 Å². The molecule has 4 N–H and O–H groups in total. The first-order chi connectivity index (χ1) is 13.3. The quantitative estimate of drug-likeness (QED) is 0.551. The van der Waals surface area contributed by atoms with E-state index in [1.165, 1.54) is 11.6 Å². The van der Waals surface area contributed by atoms with Gasteiger partial charge in [0, 0.05) is 18.5 Å². The van der Waals surface area contributed by atoms with E-state index in [0.29, 0.717) is 25.1 Å². The summed E-state index contributed by atoms with van der Waals surface area (Å²) >= 11 is 0. The van der Waals surface area contributed by atoms with Crippen LogP contribution in [0.4, 0.5) is 5.69 Å². The fraction of sp³-hybridized carbons (Fsp3) is 0.409. The number of methoxy groups -OCH3 is 1. The zero-order chi connectivity index (χ0) is 20.3. The molecule has 0 aromatic heterocycles. The van der Waals surface area contributed by atoms with Crippen molar-refractivity contribution in [2.24, 2.45) is 0 Å². The zero-order valence-corrected chi connectivity index (χ0v) is 16.6. The van der Waals surface area contributed by atoms with Crippen LogP contribution in [0, 0.1) is 0 Å². The van der Waals surface area contributed by atoms with Crippen LogP contribution in [0.5, 0.6) is 11.5 Å². The van der Waals surface area contributed by atoms with Gasteiger partial charge in [0.15, 0.2) is 0 Å². The largest absolute Gasteiger partial charge is 0.506 e. The minimum Gasteiger partial charge on any atom is -0.506 e. The molecule has 6 nitrogen and oxygen atoms in total. The molecule has 2 aromatic carbocycles. The summed E-state index contributed by atoms with van der Waals surface area (Å²) in [6, 6.07) is 11.2. The second-order valence-electron chi connectivity index (χ2n) is 7.88. The van der Waals surface area contributed by atoms with Crippen molar-refractivity contribution in [3.8, 4) is 11.5 Å². The highest BCUT2D eigenvalue weighted by Gasteiger charge is 2.25. The average Bonchev–Trinajstić information content (AvgIpc) is 2.67. The van der Waals surface area contributed by atoms with Gasteiger partial charge in [-0.15, -0.1) is 0 Å². The minimum absolute atomic E-state index is 0.0341. The molecule has 0 bridgehead atoms. The van der Waals surface area contributed by atoms with Gasteiger partial charge < -0.3 is 25.6 Å². The van der Waals surface area contributed by atoms with E-state index < -0.39 is 6.10 Å². The molecule has 0 fully saturated rings. The molecule has 0 radical (unpaired) electrons. The Bertz CT molecular complexity index is 846. The summed E-state index contributed by atoms with van der Waals surface area (Å²) in [5.41, 5.74) is 2.92. The molecule has 0 spiro atoms. The van der Waals surface area contributed by atoms with Crippen molar-refractivity contribution in [1.29, 1.82) is 0 Å². The zero-order valence-electron chi connectivity index (χ0n) is 16.6. The van der Waals surface area contributed by atoms with Crippen LogP contribution in [0.25, 0.3) is 0 Å². The number of benzene rings is 2. The monoisotopic (exact) mass is 384 g/mol. The van der Waals surface area contributed by atoms with Crippen molar-refractivity contribution in [2.45, 2.75) is 44.8 Å². The lowest BCUT2D eigenvalue weighted by atomic mass is 9.92. The molecule has 0 saturated heterocycles. The summed E-state index contributed by atoms with van der Waals surface area (Å²) < 4.78 is 5.20. The second-order valence-corrected chi connectivity index (χ2v) is 7.88. The van der Waals surface area contributed by atoms with Gasteiger partial charge in [0.1, 0.15) is 11.5 Å². The molecule has 28 heavy (non-hydrogen) atoms. The van der Waals surface area contributed by atoms with E-state index in [4.69, 9.17) is 4.74 Å². The minimum atomic E-state index is -0.737. The Balaban J connectivity index is 1.67. The van der Waals surface area contributed by atoms with Crippen molar-refractivity contribution in [2.75, 3.05) is 19.0 Å². The predicted octanol–water partition coefficient (Wildman–Crippen LogP) is 2.93. The summed E-state index contributed by atoms with van der Waals surface area (Å²) in [7, 11) is 1.65. The number of aliphatic hydroxyl groups excluding tert-OH is 1. The number of hydrogen-bond acceptors (Lipinski definition) is 5. The fourth-order valence-corrected chi connectivity index (χ4v) is 3.61. The van der Waals surface area contributed by atoms with Crippen LogP contribution in [-0.4, -0.2) is 35.3 Å². The number of aliphatic hydroxyl groups is 1. The number of β-amino-alcohol motifs (C(OH)–C–C–N with tert-alkyl or cyclic N) is 1. The summed E-state index contributed by atoms with van der Waals surface area (Å²) in [5.74, 6) is 0.745. The molecule has 1 heterocycles. The van der Waals surface area contributed by atoms with E-state index in [2.05, 4.69) is 24.5 Å². The molecule has 150 valence electrons. The van der Waals surface area contributed by atoms with Crippen molar-refractivity contribution in [3.05, 3.63) is 53.1 Å². The number of carbonyl (C=O) groups is 1. The maximum absolute atomic E-state index is 11.6. The number of nitrogens with one attached hydrogen (secondary N) is 2. The number of phenolic OH excluding ortho intramolecular Hbond substituents is 1. The van der Waals surface area contributed by atoms with E-state index in [0.717, 1.165) is 23.3 Å². The molecule has 0 saturated carbocycles. The molecule has 1 atom stereocenters. The van der Waals surface area contributed by atoms with Crippen molar-refractivity contribution >= 4 is 11.6 Å². The number of amides is 1. The second kappa shape index (κ2) is 8.20. The van der Waals surface area contributed by atoms with Gasteiger partial charge in [0.2, 0.25) is 5.91 Å². The third kappa shape index (κ3) is 4.64. The van der Waals surface area contributed by atoms with E-state index in [-0.39, 0.29) is 17.2 Å². The Morgan fingerprint density at radius 2 is 1.89 bits per heavy atom. The number of rotatable bonds is 7. The van der Waals surface area contributed by atoms with E-state index in [1.807, 2.05) is 24.3 Å². The summed E-state index contributed by atoms with van der Waals surface area (Å²) in [6.07, 6.45) is 0.927. The Morgan fingerprint density at radius 1 is 1.18 bits per heavy atom. The van der Waals surface area contributed by atoms with E-state index >= 15 is 0 Å². The third-order valence-electron chi connectivity index (χ3n) is 5.13. The molecule has 1 aliphatic rings. The van der Waals surface area contributed by atoms with Crippen molar-refractivity contribution in [1.82, 2.24) is 5.32 Å². The first kappa shape index (κ1) is 20.2. The predicted molar refractivity (Wildman–Crippen MR) is 109 cm³/mol. The Morgan fingerprint density at radius 3 is 2.57 bits per heavy atom. The molecular formula is C22H28N2O4. The van der Waals surface area contributed by atoms with Crippen molar-refractivity contribution < 1.29 is 19.7 Å². The molecule has 6 heteroatoms. The smallest absolute Gasteiger partial charge is 0.224 e. The number of fused-ring (bicyclic) bond motifs is 1. The van der Waals surface area contributed by atoms with Crippen LogP contribution in [0.3, 0.4) is 0 Å². The highest BCUT2D eigenvalue weighted by Crippen LogP contribution is 2.36. The van der Waals surface area contributed by atoms with Crippen LogP contribution >= 0.6 is 0 Å². The fourth-order valence-electron chi connectivity index (χ4n) is 3.61. The molecule has 0 aliphatic carbocycles. The lowest BCUT2D eigenvalue weighted by Gasteiger charge is -2.29. The molecule has 2 aromatic rings. The summed E-state index contributed by atoms with van der Waals surface area (Å²) in [5, 5.41) is 26.9. The number of anilines is 1. The topological polar surface area (TPSA) is 90.8 Å². The molecule has 1 unspecified atom stereocenters. The Hall–Kier alpha value is -2.57. The van der Waals surface area contributed by atoms with E-state index in [9.17, 15) is 15.0 Å². The Kier molecular flexibility index (Phi) is 5.91. The maximum atomic E-state index is 11.6.